The van der Waals surface area contributed by atoms with E-state index in [4.69, 9.17) is 4.42 Å². The van der Waals surface area contributed by atoms with Gasteiger partial charge in [0.05, 0.1) is 35.7 Å². The van der Waals surface area contributed by atoms with Crippen LogP contribution in [0.3, 0.4) is 0 Å². The molecular formula is C27H31N3O5S. The molecule has 3 aromatic rings. The van der Waals surface area contributed by atoms with Gasteiger partial charge in [0.25, 0.3) is 5.91 Å². The van der Waals surface area contributed by atoms with Crippen molar-refractivity contribution in [2.75, 3.05) is 24.2 Å². The zero-order valence-corrected chi connectivity index (χ0v) is 20.9. The normalized spacial score (nSPS) is 16.4. The third kappa shape index (κ3) is 6.83. The van der Waals surface area contributed by atoms with Crippen molar-refractivity contribution in [1.29, 1.82) is 0 Å². The number of anilines is 1. The highest BCUT2D eigenvalue weighted by Crippen LogP contribution is 2.23. The molecule has 2 N–H and O–H groups in total. The topological polar surface area (TPSA) is 109 Å². The molecule has 4 rings (SSSR count). The third-order valence-corrected chi connectivity index (χ3v) is 8.21. The van der Waals surface area contributed by atoms with Crippen molar-refractivity contribution in [1.82, 2.24) is 9.62 Å². The van der Waals surface area contributed by atoms with Crippen molar-refractivity contribution in [2.24, 2.45) is 5.92 Å². The molecule has 1 saturated heterocycles. The number of carbonyl (C=O) groups is 2. The summed E-state index contributed by atoms with van der Waals surface area (Å²) in [6.45, 7) is 0.795. The number of nitrogens with one attached hydrogen (secondary N) is 2. The molecule has 36 heavy (non-hydrogen) atoms. The van der Waals surface area contributed by atoms with Gasteiger partial charge in [-0.2, -0.15) is 0 Å². The molecule has 190 valence electrons. The van der Waals surface area contributed by atoms with Gasteiger partial charge in [-0.25, -0.2) is 12.7 Å². The van der Waals surface area contributed by atoms with Crippen LogP contribution in [0.1, 0.15) is 40.9 Å². The standard InChI is InChI=1S/C27H31N3O5S/c31-26(29-25-15-5-4-14-24(25)27(32)28-19-23-13-7-17-35-23)22-12-6-16-30(20-22)36(33,34)18-8-11-21-9-2-1-3-10-21/h1-5,7,9-10,13-15,17,22H,6,8,11-12,16,18-20H2,(H,28,32)(H,29,31). The van der Waals surface area contributed by atoms with Crippen molar-refractivity contribution in [2.45, 2.75) is 32.2 Å². The first-order valence-corrected chi connectivity index (χ1v) is 13.8. The zero-order chi connectivity index (χ0) is 25.4. The monoisotopic (exact) mass is 509 g/mol. The number of benzene rings is 2. The number of amides is 2. The molecule has 0 spiro atoms. The van der Waals surface area contributed by atoms with Crippen LogP contribution in [0.15, 0.2) is 77.4 Å². The van der Waals surface area contributed by atoms with E-state index in [1.165, 1.54) is 10.6 Å². The maximum atomic E-state index is 13.1. The van der Waals surface area contributed by atoms with Crippen molar-refractivity contribution >= 4 is 27.5 Å². The Bertz CT molecular complexity index is 1260. The summed E-state index contributed by atoms with van der Waals surface area (Å²) in [7, 11) is -3.46. The second-order valence-electron chi connectivity index (χ2n) is 8.90. The van der Waals surface area contributed by atoms with E-state index in [1.807, 2.05) is 30.3 Å². The minimum atomic E-state index is -3.46. The Morgan fingerprint density at radius 2 is 1.78 bits per heavy atom. The van der Waals surface area contributed by atoms with E-state index in [2.05, 4.69) is 10.6 Å². The average molecular weight is 510 g/mol. The van der Waals surface area contributed by atoms with E-state index < -0.39 is 15.9 Å². The van der Waals surface area contributed by atoms with Crippen molar-refractivity contribution < 1.29 is 22.4 Å². The second-order valence-corrected chi connectivity index (χ2v) is 11.0. The highest BCUT2D eigenvalue weighted by Gasteiger charge is 2.32. The summed E-state index contributed by atoms with van der Waals surface area (Å²) >= 11 is 0. The summed E-state index contributed by atoms with van der Waals surface area (Å²) in [4.78, 5) is 25.8. The van der Waals surface area contributed by atoms with Crippen LogP contribution in [-0.2, 0) is 27.8 Å². The smallest absolute Gasteiger partial charge is 0.253 e. The molecule has 0 radical (unpaired) electrons. The van der Waals surface area contributed by atoms with Gasteiger partial charge in [-0.15, -0.1) is 0 Å². The number of piperidine rings is 1. The number of rotatable bonds is 10. The molecule has 9 heteroatoms. The Balaban J connectivity index is 1.33. The molecule has 2 heterocycles. The Morgan fingerprint density at radius 3 is 2.56 bits per heavy atom. The van der Waals surface area contributed by atoms with Crippen LogP contribution in [0.25, 0.3) is 0 Å². The number of sulfonamides is 1. The van der Waals surface area contributed by atoms with Crippen molar-refractivity contribution in [3.63, 3.8) is 0 Å². The Labute approximate surface area is 211 Å². The maximum Gasteiger partial charge on any atom is 0.253 e. The van der Waals surface area contributed by atoms with Gasteiger partial charge in [0.15, 0.2) is 0 Å². The average Bonchev–Trinajstić information content (AvgIpc) is 3.42. The van der Waals surface area contributed by atoms with E-state index >= 15 is 0 Å². The highest BCUT2D eigenvalue weighted by atomic mass is 32.2. The van der Waals surface area contributed by atoms with Gasteiger partial charge in [-0.1, -0.05) is 42.5 Å². The molecule has 1 unspecified atom stereocenters. The fourth-order valence-corrected chi connectivity index (χ4v) is 5.92. The van der Waals surface area contributed by atoms with E-state index in [9.17, 15) is 18.0 Å². The lowest BCUT2D eigenvalue weighted by atomic mass is 9.98. The number of furan rings is 1. The second kappa shape index (κ2) is 12.0. The fraction of sp³-hybridized carbons (Fsp3) is 0.333. The number of hydrogen-bond acceptors (Lipinski definition) is 5. The first-order valence-electron chi connectivity index (χ1n) is 12.1. The third-order valence-electron chi connectivity index (χ3n) is 6.29. The largest absolute Gasteiger partial charge is 0.467 e. The van der Waals surface area contributed by atoms with Crippen LogP contribution in [0.5, 0.6) is 0 Å². The minimum absolute atomic E-state index is 0.0505. The minimum Gasteiger partial charge on any atom is -0.467 e. The van der Waals surface area contributed by atoms with Crippen LogP contribution in [0, 0.1) is 5.92 Å². The van der Waals surface area contributed by atoms with Crippen LogP contribution in [0.2, 0.25) is 0 Å². The summed E-state index contributed by atoms with van der Waals surface area (Å²) < 4.78 is 32.6. The van der Waals surface area contributed by atoms with E-state index in [0.717, 1.165) is 5.56 Å². The predicted octanol–water partition coefficient (Wildman–Crippen LogP) is 3.82. The predicted molar refractivity (Wildman–Crippen MR) is 138 cm³/mol. The van der Waals surface area contributed by atoms with Gasteiger partial charge in [0.2, 0.25) is 15.9 Å². The molecule has 8 nitrogen and oxygen atoms in total. The van der Waals surface area contributed by atoms with Crippen molar-refractivity contribution in [3.05, 3.63) is 89.9 Å². The molecule has 2 amide bonds. The number of hydrogen-bond donors (Lipinski definition) is 2. The number of carbonyl (C=O) groups excluding carboxylic acids is 2. The highest BCUT2D eigenvalue weighted by molar-refractivity contribution is 7.89. The zero-order valence-electron chi connectivity index (χ0n) is 20.1. The van der Waals surface area contributed by atoms with Gasteiger partial charge in [0.1, 0.15) is 5.76 Å². The van der Waals surface area contributed by atoms with Gasteiger partial charge in [-0.05, 0) is 55.5 Å². The summed E-state index contributed by atoms with van der Waals surface area (Å²) in [5.74, 6) is -0.437. The van der Waals surface area contributed by atoms with Crippen LogP contribution in [-0.4, -0.2) is 43.4 Å². The molecule has 2 aromatic carbocycles. The lowest BCUT2D eigenvalue weighted by Crippen LogP contribution is -2.44. The summed E-state index contributed by atoms with van der Waals surface area (Å²) in [6, 6.07) is 20.1. The molecule has 0 bridgehead atoms. The first kappa shape index (κ1) is 25.7. The lowest BCUT2D eigenvalue weighted by Gasteiger charge is -2.31. The Morgan fingerprint density at radius 1 is 1.00 bits per heavy atom. The van der Waals surface area contributed by atoms with Gasteiger partial charge < -0.3 is 15.1 Å². The maximum absolute atomic E-state index is 13.1. The molecule has 1 aliphatic rings. The van der Waals surface area contributed by atoms with Gasteiger partial charge in [-0.3, -0.25) is 9.59 Å². The summed E-state index contributed by atoms with van der Waals surface area (Å²) in [5.41, 5.74) is 1.83. The Hall–Kier alpha value is -3.43. The number of para-hydroxylation sites is 1. The van der Waals surface area contributed by atoms with E-state index in [0.29, 0.717) is 49.2 Å². The van der Waals surface area contributed by atoms with Crippen LogP contribution in [0.4, 0.5) is 5.69 Å². The molecule has 1 aliphatic heterocycles. The van der Waals surface area contributed by atoms with E-state index in [1.54, 1.807) is 36.4 Å². The van der Waals surface area contributed by atoms with Gasteiger partial charge >= 0.3 is 0 Å². The summed E-state index contributed by atoms with van der Waals surface area (Å²) in [5, 5.41) is 5.63. The Kier molecular flexibility index (Phi) is 8.56. The molecule has 1 fully saturated rings. The molecule has 0 saturated carbocycles. The SMILES string of the molecule is O=C(NCc1ccco1)c1ccccc1NC(=O)C1CCCN(S(=O)(=O)CCCc2ccccc2)C1. The lowest BCUT2D eigenvalue weighted by molar-refractivity contribution is -0.120. The molecule has 1 atom stereocenters. The summed E-state index contributed by atoms with van der Waals surface area (Å²) in [6.07, 6.45) is 3.96. The van der Waals surface area contributed by atoms with E-state index in [-0.39, 0.29) is 30.7 Å². The number of aryl methyl sites for hydroxylation is 1. The number of nitrogens with zero attached hydrogens (tertiary/aromatic N) is 1. The molecular weight excluding hydrogens is 478 g/mol. The first-order chi connectivity index (χ1) is 17.4. The quantitative estimate of drug-likeness (QED) is 0.432. The fourth-order valence-electron chi connectivity index (χ4n) is 4.34. The molecule has 0 aliphatic carbocycles. The van der Waals surface area contributed by atoms with Crippen LogP contribution >= 0.6 is 0 Å². The van der Waals surface area contributed by atoms with Crippen molar-refractivity contribution in [3.8, 4) is 0 Å². The van der Waals surface area contributed by atoms with Gasteiger partial charge in [0, 0.05) is 13.1 Å². The molecule has 1 aromatic heterocycles. The van der Waals surface area contributed by atoms with Crippen LogP contribution < -0.4 is 10.6 Å².